The van der Waals surface area contributed by atoms with E-state index in [0.717, 1.165) is 5.69 Å². The topological polar surface area (TPSA) is 130 Å². The van der Waals surface area contributed by atoms with E-state index in [9.17, 15) is 19.7 Å². The number of amides is 2. The molecule has 0 bridgehead atoms. The van der Waals surface area contributed by atoms with E-state index in [0.29, 0.717) is 28.2 Å². The number of benzene rings is 3. The largest absolute Gasteiger partial charge is 0.455 e. The zero-order valence-electron chi connectivity index (χ0n) is 21.2. The maximum Gasteiger partial charge on any atom is 0.287 e. The molecule has 0 saturated heterocycles. The zero-order valence-corrected chi connectivity index (χ0v) is 21.2. The minimum absolute atomic E-state index is 0.00432. The lowest BCUT2D eigenvalue weighted by Gasteiger charge is -2.12. The van der Waals surface area contributed by atoms with E-state index in [1.807, 2.05) is 43.3 Å². The van der Waals surface area contributed by atoms with Gasteiger partial charge in [0, 0.05) is 43.0 Å². The molecule has 4 rings (SSSR count). The molecule has 10 nitrogen and oxygen atoms in total. The van der Waals surface area contributed by atoms with Gasteiger partial charge in [-0.1, -0.05) is 42.5 Å². The van der Waals surface area contributed by atoms with E-state index in [4.69, 9.17) is 4.42 Å². The van der Waals surface area contributed by atoms with Gasteiger partial charge in [-0.2, -0.15) is 5.10 Å². The Morgan fingerprint density at radius 1 is 0.949 bits per heavy atom. The number of nitro benzene ring substituents is 1. The second-order valence-electron chi connectivity index (χ2n) is 8.57. The molecule has 0 spiro atoms. The number of nitrogens with zero attached hydrogens (tertiary/aromatic N) is 3. The van der Waals surface area contributed by atoms with Crippen LogP contribution in [0.3, 0.4) is 0 Å². The zero-order chi connectivity index (χ0) is 27.8. The summed E-state index contributed by atoms with van der Waals surface area (Å²) in [5.74, 6) is -0.366. The van der Waals surface area contributed by atoms with E-state index in [2.05, 4.69) is 15.8 Å². The Bertz CT molecular complexity index is 1540. The first-order valence-electron chi connectivity index (χ1n) is 11.8. The van der Waals surface area contributed by atoms with Gasteiger partial charge in [0.05, 0.1) is 11.1 Å². The van der Waals surface area contributed by atoms with Gasteiger partial charge in [0.2, 0.25) is 0 Å². The third kappa shape index (κ3) is 7.04. The minimum atomic E-state index is -0.641. The van der Waals surface area contributed by atoms with Gasteiger partial charge in [-0.25, -0.2) is 5.43 Å². The number of nitrogens with one attached hydrogen (secondary N) is 2. The number of carbonyl (C=O) groups excluding carboxylic acids is 2. The third-order valence-corrected chi connectivity index (χ3v) is 5.58. The van der Waals surface area contributed by atoms with Crippen LogP contribution >= 0.6 is 0 Å². The van der Waals surface area contributed by atoms with E-state index in [1.54, 1.807) is 60.7 Å². The molecule has 0 fully saturated rings. The third-order valence-electron chi connectivity index (χ3n) is 5.58. The molecule has 1 aromatic heterocycles. The Morgan fingerprint density at radius 2 is 1.69 bits per heavy atom. The predicted octanol–water partition coefficient (Wildman–Crippen LogP) is 4.84. The Hall–Kier alpha value is -5.51. The fourth-order valence-corrected chi connectivity index (χ4v) is 3.54. The van der Waals surface area contributed by atoms with Gasteiger partial charge >= 0.3 is 0 Å². The Balaban J connectivity index is 1.50. The van der Waals surface area contributed by atoms with Gasteiger partial charge in [0.15, 0.2) is 0 Å². The molecule has 0 aliphatic heterocycles. The van der Waals surface area contributed by atoms with Crippen LogP contribution in [0.5, 0.6) is 0 Å². The standard InChI is InChI=1S/C29H25N5O5/c1-33(2)23-13-11-20(12-14-23)17-26(31-28(35)21-7-4-3-5-8-21)29(36)32-30-19-25-15-16-27(39-25)22-9-6-10-24(18-22)34(37)38/h3-19H,1-2H3,(H,31,35)(H,32,36). The fourth-order valence-electron chi connectivity index (χ4n) is 3.54. The predicted molar refractivity (Wildman–Crippen MR) is 149 cm³/mol. The summed E-state index contributed by atoms with van der Waals surface area (Å²) in [7, 11) is 3.85. The molecule has 10 heteroatoms. The van der Waals surface area contributed by atoms with E-state index < -0.39 is 16.7 Å². The second kappa shape index (κ2) is 12.2. The van der Waals surface area contributed by atoms with Crippen molar-refractivity contribution in [3.8, 4) is 11.3 Å². The Labute approximate surface area is 224 Å². The molecule has 196 valence electrons. The first-order valence-corrected chi connectivity index (χ1v) is 11.8. The summed E-state index contributed by atoms with van der Waals surface area (Å²) in [6.07, 6.45) is 2.85. The Morgan fingerprint density at radius 3 is 2.38 bits per heavy atom. The van der Waals surface area contributed by atoms with Crippen molar-refractivity contribution in [3.63, 3.8) is 0 Å². The highest BCUT2D eigenvalue weighted by molar-refractivity contribution is 6.05. The number of hydrogen-bond donors (Lipinski definition) is 2. The number of hydrazone groups is 1. The molecule has 0 saturated carbocycles. The van der Waals surface area contributed by atoms with Crippen molar-refractivity contribution < 1.29 is 18.9 Å². The van der Waals surface area contributed by atoms with Crippen LogP contribution < -0.4 is 15.6 Å². The summed E-state index contributed by atoms with van der Waals surface area (Å²) >= 11 is 0. The van der Waals surface area contributed by atoms with Gasteiger partial charge in [-0.15, -0.1) is 0 Å². The van der Waals surface area contributed by atoms with Crippen molar-refractivity contribution in [2.45, 2.75) is 0 Å². The van der Waals surface area contributed by atoms with Crippen molar-refractivity contribution >= 4 is 35.5 Å². The molecule has 0 aliphatic rings. The Kier molecular flexibility index (Phi) is 8.27. The number of furan rings is 1. The molecule has 2 amide bonds. The summed E-state index contributed by atoms with van der Waals surface area (Å²) in [5, 5.41) is 17.6. The van der Waals surface area contributed by atoms with Crippen LogP contribution in [0.25, 0.3) is 17.4 Å². The van der Waals surface area contributed by atoms with Gasteiger partial charge in [0.25, 0.3) is 17.5 Å². The average Bonchev–Trinajstić information content (AvgIpc) is 3.42. The van der Waals surface area contributed by atoms with E-state index in [-0.39, 0.29) is 11.4 Å². The van der Waals surface area contributed by atoms with Gasteiger partial charge in [0.1, 0.15) is 17.2 Å². The number of nitro groups is 1. The number of rotatable bonds is 9. The van der Waals surface area contributed by atoms with Crippen LogP contribution in [0.2, 0.25) is 0 Å². The SMILES string of the molecule is CN(C)c1ccc(C=C(NC(=O)c2ccccc2)C(=O)NN=Cc2ccc(-c3cccc([N+](=O)[O-])c3)o2)cc1. The van der Waals surface area contributed by atoms with Gasteiger partial charge < -0.3 is 14.6 Å². The number of non-ortho nitro benzene ring substituents is 1. The molecule has 0 aliphatic carbocycles. The molecular formula is C29H25N5O5. The van der Waals surface area contributed by atoms with Crippen LogP contribution in [0.1, 0.15) is 21.7 Å². The maximum atomic E-state index is 13.0. The second-order valence-corrected chi connectivity index (χ2v) is 8.57. The normalized spacial score (nSPS) is 11.3. The minimum Gasteiger partial charge on any atom is -0.455 e. The lowest BCUT2D eigenvalue weighted by Crippen LogP contribution is -2.32. The number of anilines is 1. The van der Waals surface area contributed by atoms with Gasteiger partial charge in [-0.3, -0.25) is 19.7 Å². The summed E-state index contributed by atoms with van der Waals surface area (Å²) in [6, 6.07) is 25.3. The van der Waals surface area contributed by atoms with Crippen molar-refractivity contribution in [3.05, 3.63) is 124 Å². The summed E-state index contributed by atoms with van der Waals surface area (Å²) in [6.45, 7) is 0. The highest BCUT2D eigenvalue weighted by Crippen LogP contribution is 2.25. The average molecular weight is 524 g/mol. The summed E-state index contributed by atoms with van der Waals surface area (Å²) in [5.41, 5.74) is 4.96. The lowest BCUT2D eigenvalue weighted by atomic mass is 10.1. The van der Waals surface area contributed by atoms with Crippen LogP contribution in [0.15, 0.2) is 106 Å². The van der Waals surface area contributed by atoms with Crippen LogP contribution in [-0.4, -0.2) is 37.0 Å². The van der Waals surface area contributed by atoms with Crippen molar-refractivity contribution in [1.82, 2.24) is 10.7 Å². The monoisotopic (exact) mass is 523 g/mol. The van der Waals surface area contributed by atoms with Crippen LogP contribution in [-0.2, 0) is 4.79 Å². The molecule has 0 atom stereocenters. The highest BCUT2D eigenvalue weighted by Gasteiger charge is 2.15. The van der Waals surface area contributed by atoms with Crippen LogP contribution in [0.4, 0.5) is 11.4 Å². The van der Waals surface area contributed by atoms with Crippen molar-refractivity contribution in [2.75, 3.05) is 19.0 Å². The quantitative estimate of drug-likeness (QED) is 0.140. The summed E-state index contributed by atoms with van der Waals surface area (Å²) < 4.78 is 5.68. The molecule has 0 unspecified atom stereocenters. The van der Waals surface area contributed by atoms with Crippen molar-refractivity contribution in [2.24, 2.45) is 5.10 Å². The van der Waals surface area contributed by atoms with Crippen molar-refractivity contribution in [1.29, 1.82) is 0 Å². The molecule has 39 heavy (non-hydrogen) atoms. The molecule has 4 aromatic rings. The smallest absolute Gasteiger partial charge is 0.287 e. The summed E-state index contributed by atoms with van der Waals surface area (Å²) in [4.78, 5) is 38.3. The highest BCUT2D eigenvalue weighted by atomic mass is 16.6. The molecule has 3 aromatic carbocycles. The first-order chi connectivity index (χ1) is 18.8. The maximum absolute atomic E-state index is 13.0. The fraction of sp³-hybridized carbons (Fsp3) is 0.0690. The lowest BCUT2D eigenvalue weighted by molar-refractivity contribution is -0.384. The molecule has 1 heterocycles. The van der Waals surface area contributed by atoms with Crippen LogP contribution in [0, 0.1) is 10.1 Å². The number of hydrogen-bond acceptors (Lipinski definition) is 7. The molecule has 0 radical (unpaired) electrons. The van der Waals surface area contributed by atoms with E-state index in [1.165, 1.54) is 18.3 Å². The van der Waals surface area contributed by atoms with E-state index >= 15 is 0 Å². The molecular weight excluding hydrogens is 498 g/mol. The molecule has 2 N–H and O–H groups in total. The van der Waals surface area contributed by atoms with Gasteiger partial charge in [-0.05, 0) is 48.0 Å². The number of carbonyl (C=O) groups is 2. The first kappa shape index (κ1) is 26.6.